The van der Waals surface area contributed by atoms with E-state index in [2.05, 4.69) is 16.5 Å². The van der Waals surface area contributed by atoms with E-state index in [4.69, 9.17) is 11.6 Å². The van der Waals surface area contributed by atoms with Gasteiger partial charge in [-0.3, -0.25) is 0 Å². The number of nitrogens with zero attached hydrogens (tertiary/aromatic N) is 2. The summed E-state index contributed by atoms with van der Waals surface area (Å²) in [4.78, 5) is 8.81. The molecule has 1 aromatic carbocycles. The third-order valence-corrected chi connectivity index (χ3v) is 3.42. The summed E-state index contributed by atoms with van der Waals surface area (Å²) in [5.74, 6) is 1.45. The first-order valence-electron chi connectivity index (χ1n) is 4.86. The van der Waals surface area contributed by atoms with E-state index in [9.17, 15) is 0 Å². The van der Waals surface area contributed by atoms with Crippen molar-refractivity contribution in [2.45, 2.75) is 11.9 Å². The molecule has 0 atom stereocenters. The second kappa shape index (κ2) is 4.85. The van der Waals surface area contributed by atoms with Gasteiger partial charge in [0.1, 0.15) is 10.9 Å². The van der Waals surface area contributed by atoms with Crippen LogP contribution in [0.5, 0.6) is 0 Å². The van der Waals surface area contributed by atoms with Gasteiger partial charge >= 0.3 is 0 Å². The van der Waals surface area contributed by atoms with E-state index in [-0.39, 0.29) is 0 Å². The Labute approximate surface area is 104 Å². The highest BCUT2D eigenvalue weighted by Gasteiger charge is 2.05. The lowest BCUT2D eigenvalue weighted by atomic mass is 10.2. The van der Waals surface area contributed by atoms with Gasteiger partial charge in [-0.15, -0.1) is 0 Å². The molecule has 0 amide bonds. The highest BCUT2D eigenvalue weighted by molar-refractivity contribution is 7.99. The number of para-hydroxylation sites is 1. The van der Waals surface area contributed by atoms with Gasteiger partial charge in [0.2, 0.25) is 0 Å². The van der Waals surface area contributed by atoms with Crippen LogP contribution < -0.4 is 0 Å². The fourth-order valence-electron chi connectivity index (χ4n) is 1.42. The van der Waals surface area contributed by atoms with E-state index >= 15 is 0 Å². The molecule has 0 aliphatic heterocycles. The average Bonchev–Trinajstić information content (AvgIpc) is 2.25. The Bertz CT molecular complexity index is 540. The van der Waals surface area contributed by atoms with Crippen molar-refractivity contribution in [1.29, 1.82) is 0 Å². The first kappa shape index (κ1) is 11.4. The monoisotopic (exact) mass is 250 g/mol. The number of rotatable bonds is 3. The molecule has 0 saturated heterocycles. The third kappa shape index (κ3) is 2.54. The Kier molecular flexibility index (Phi) is 3.46. The molecule has 16 heavy (non-hydrogen) atoms. The van der Waals surface area contributed by atoms with Crippen LogP contribution >= 0.6 is 23.4 Å². The SMILES string of the molecule is C=C(Cl)CSc1nc(C)nc2ccccc12. The van der Waals surface area contributed by atoms with Gasteiger partial charge in [0.15, 0.2) is 0 Å². The number of thioether (sulfide) groups is 1. The van der Waals surface area contributed by atoms with Crippen LogP contribution in [-0.2, 0) is 0 Å². The minimum Gasteiger partial charge on any atom is -0.233 e. The topological polar surface area (TPSA) is 25.8 Å². The van der Waals surface area contributed by atoms with Crippen molar-refractivity contribution >= 4 is 34.3 Å². The second-order valence-electron chi connectivity index (χ2n) is 3.40. The van der Waals surface area contributed by atoms with Gasteiger partial charge in [-0.25, -0.2) is 9.97 Å². The summed E-state index contributed by atoms with van der Waals surface area (Å²) in [6, 6.07) is 7.97. The summed E-state index contributed by atoms with van der Waals surface area (Å²) in [6.45, 7) is 5.57. The van der Waals surface area contributed by atoms with Gasteiger partial charge in [-0.05, 0) is 13.0 Å². The minimum atomic E-state index is 0.630. The van der Waals surface area contributed by atoms with Crippen LogP contribution in [0.3, 0.4) is 0 Å². The van der Waals surface area contributed by atoms with Gasteiger partial charge in [-0.2, -0.15) is 0 Å². The average molecular weight is 251 g/mol. The zero-order valence-corrected chi connectivity index (χ0v) is 10.5. The lowest BCUT2D eigenvalue weighted by Gasteiger charge is -2.05. The Morgan fingerprint density at radius 2 is 2.12 bits per heavy atom. The van der Waals surface area contributed by atoms with Gasteiger partial charge in [0, 0.05) is 16.2 Å². The number of fused-ring (bicyclic) bond motifs is 1. The summed E-state index contributed by atoms with van der Waals surface area (Å²) in [6.07, 6.45) is 0. The number of hydrogen-bond donors (Lipinski definition) is 0. The van der Waals surface area contributed by atoms with E-state index in [0.717, 1.165) is 21.8 Å². The van der Waals surface area contributed by atoms with Crippen molar-refractivity contribution < 1.29 is 0 Å². The Morgan fingerprint density at radius 1 is 1.38 bits per heavy atom. The predicted octanol–water partition coefficient (Wildman–Crippen LogP) is 3.78. The van der Waals surface area contributed by atoms with Crippen LogP contribution in [0.1, 0.15) is 5.82 Å². The van der Waals surface area contributed by atoms with Gasteiger partial charge in [-0.1, -0.05) is 48.1 Å². The molecule has 0 radical (unpaired) electrons. The summed E-state index contributed by atoms with van der Waals surface area (Å²) < 4.78 is 0. The largest absolute Gasteiger partial charge is 0.233 e. The molecular formula is C12H11ClN2S. The predicted molar refractivity (Wildman–Crippen MR) is 70.0 cm³/mol. The van der Waals surface area contributed by atoms with Crippen LogP contribution in [0.2, 0.25) is 0 Å². The molecular weight excluding hydrogens is 240 g/mol. The van der Waals surface area contributed by atoms with E-state index < -0.39 is 0 Å². The number of hydrogen-bond acceptors (Lipinski definition) is 3. The Hall–Kier alpha value is -1.06. The molecule has 0 bridgehead atoms. The maximum atomic E-state index is 5.76. The first-order chi connectivity index (χ1) is 7.66. The zero-order valence-electron chi connectivity index (χ0n) is 8.90. The van der Waals surface area contributed by atoms with Crippen LogP contribution in [0.15, 0.2) is 40.9 Å². The molecule has 2 rings (SSSR count). The molecule has 0 saturated carbocycles. The zero-order chi connectivity index (χ0) is 11.5. The molecule has 0 fully saturated rings. The summed E-state index contributed by atoms with van der Waals surface area (Å²) in [7, 11) is 0. The maximum absolute atomic E-state index is 5.76. The van der Waals surface area contributed by atoms with Crippen molar-refractivity contribution in [2.75, 3.05) is 5.75 Å². The third-order valence-electron chi connectivity index (χ3n) is 2.05. The normalized spacial score (nSPS) is 10.6. The molecule has 4 heteroatoms. The standard InChI is InChI=1S/C12H11ClN2S/c1-8(13)7-16-12-10-5-3-4-6-11(10)14-9(2)15-12/h3-6H,1,7H2,2H3. The van der Waals surface area contributed by atoms with Gasteiger partial charge in [0.25, 0.3) is 0 Å². The molecule has 1 aromatic heterocycles. The number of halogens is 1. The lowest BCUT2D eigenvalue weighted by molar-refractivity contribution is 1.01. The molecule has 0 N–H and O–H groups in total. The number of benzene rings is 1. The van der Waals surface area contributed by atoms with Crippen molar-refractivity contribution in [1.82, 2.24) is 9.97 Å². The van der Waals surface area contributed by atoms with Crippen LogP contribution in [0, 0.1) is 6.92 Å². The highest BCUT2D eigenvalue weighted by Crippen LogP contribution is 2.26. The van der Waals surface area contributed by atoms with E-state index in [1.807, 2.05) is 31.2 Å². The smallest absolute Gasteiger partial charge is 0.127 e. The molecule has 2 aromatic rings. The quantitative estimate of drug-likeness (QED) is 0.612. The molecule has 2 nitrogen and oxygen atoms in total. The van der Waals surface area contributed by atoms with E-state index in [0.29, 0.717) is 10.8 Å². The lowest BCUT2D eigenvalue weighted by Crippen LogP contribution is -1.93. The molecule has 0 aliphatic rings. The fourth-order valence-corrected chi connectivity index (χ4v) is 2.40. The first-order valence-corrected chi connectivity index (χ1v) is 6.22. The minimum absolute atomic E-state index is 0.630. The summed E-state index contributed by atoms with van der Waals surface area (Å²) >= 11 is 7.35. The molecule has 82 valence electrons. The molecule has 0 unspecified atom stereocenters. The number of aromatic nitrogens is 2. The Balaban J connectivity index is 2.46. The second-order valence-corrected chi connectivity index (χ2v) is 4.90. The van der Waals surface area contributed by atoms with Gasteiger partial charge in [0.05, 0.1) is 5.52 Å². The number of aryl methyl sites for hydroxylation is 1. The van der Waals surface area contributed by atoms with Crippen LogP contribution in [-0.4, -0.2) is 15.7 Å². The molecule has 1 heterocycles. The Morgan fingerprint density at radius 3 is 2.88 bits per heavy atom. The highest BCUT2D eigenvalue weighted by atomic mass is 35.5. The van der Waals surface area contributed by atoms with Crippen molar-refractivity contribution in [3.8, 4) is 0 Å². The van der Waals surface area contributed by atoms with Crippen molar-refractivity contribution in [2.24, 2.45) is 0 Å². The fraction of sp³-hybridized carbons (Fsp3) is 0.167. The van der Waals surface area contributed by atoms with Gasteiger partial charge < -0.3 is 0 Å². The van der Waals surface area contributed by atoms with Crippen molar-refractivity contribution in [3.05, 3.63) is 41.7 Å². The maximum Gasteiger partial charge on any atom is 0.127 e. The van der Waals surface area contributed by atoms with E-state index in [1.165, 1.54) is 0 Å². The molecule has 0 aliphatic carbocycles. The van der Waals surface area contributed by atoms with E-state index in [1.54, 1.807) is 11.8 Å². The van der Waals surface area contributed by atoms with Crippen LogP contribution in [0.4, 0.5) is 0 Å². The summed E-state index contributed by atoms with van der Waals surface area (Å²) in [5.41, 5.74) is 0.970. The van der Waals surface area contributed by atoms with Crippen molar-refractivity contribution in [3.63, 3.8) is 0 Å². The summed E-state index contributed by atoms with van der Waals surface area (Å²) in [5, 5.41) is 2.66. The molecule has 0 spiro atoms. The van der Waals surface area contributed by atoms with Crippen LogP contribution in [0.25, 0.3) is 10.9 Å².